The molecule has 1 aliphatic heterocycles. The highest BCUT2D eigenvalue weighted by Gasteiger charge is 2.43. The van der Waals surface area contributed by atoms with E-state index in [1.165, 1.54) is 11.2 Å². The number of benzene rings is 1. The predicted molar refractivity (Wildman–Crippen MR) is 96.5 cm³/mol. The molecule has 0 aromatic heterocycles. The molecule has 2 aliphatic rings. The van der Waals surface area contributed by atoms with Crippen molar-refractivity contribution in [3.8, 4) is 5.75 Å². The highest BCUT2D eigenvalue weighted by atomic mass is 32.2. The zero-order chi connectivity index (χ0) is 19.7. The van der Waals surface area contributed by atoms with Crippen LogP contribution in [0.25, 0.3) is 0 Å². The van der Waals surface area contributed by atoms with Gasteiger partial charge in [-0.15, -0.1) is 0 Å². The van der Waals surface area contributed by atoms with Crippen molar-refractivity contribution in [2.24, 2.45) is 17.8 Å². The molecule has 0 N–H and O–H groups in total. The summed E-state index contributed by atoms with van der Waals surface area (Å²) in [5.74, 6) is 2.40. The van der Waals surface area contributed by atoms with Gasteiger partial charge in [-0.25, -0.2) is 8.42 Å². The summed E-state index contributed by atoms with van der Waals surface area (Å²) in [6, 6.07) is 6.41. The van der Waals surface area contributed by atoms with E-state index >= 15 is 0 Å². The molecule has 8 heteroatoms. The monoisotopic (exact) mass is 405 g/mol. The van der Waals surface area contributed by atoms with Crippen LogP contribution in [0.1, 0.15) is 25.7 Å². The third kappa shape index (κ3) is 6.10. The second kappa shape index (κ2) is 7.99. The van der Waals surface area contributed by atoms with Crippen molar-refractivity contribution >= 4 is 9.84 Å². The Morgan fingerprint density at radius 3 is 2.33 bits per heavy atom. The standard InChI is InChI=1S/C19H26F3NO3S/c1-27(24,25)17-4-2-16(3-5-17)26-11-8-15-12-18(15)14-6-9-23(10-7-14)13-19(20,21)22/h2-5,14-15,18H,6-13H2,1H3/t15?,18-/m1/s1. The number of alkyl halides is 3. The fraction of sp³-hybridized carbons (Fsp3) is 0.684. The number of sulfone groups is 1. The topological polar surface area (TPSA) is 46.6 Å². The van der Waals surface area contributed by atoms with Crippen LogP contribution in [0, 0.1) is 17.8 Å². The molecule has 1 heterocycles. The SMILES string of the molecule is CS(=O)(=O)c1ccc(OCCC2C[C@@H]2C2CCN(CC(F)(F)F)CC2)cc1. The molecule has 0 amide bonds. The Kier molecular flexibility index (Phi) is 6.05. The molecule has 1 aliphatic carbocycles. The highest BCUT2D eigenvalue weighted by molar-refractivity contribution is 7.90. The van der Waals surface area contributed by atoms with Gasteiger partial charge in [0.2, 0.25) is 0 Å². The summed E-state index contributed by atoms with van der Waals surface area (Å²) in [6.07, 6.45) is 0.840. The van der Waals surface area contributed by atoms with Crippen molar-refractivity contribution < 1.29 is 26.3 Å². The molecule has 1 aromatic carbocycles. The van der Waals surface area contributed by atoms with Gasteiger partial charge in [-0.2, -0.15) is 13.2 Å². The summed E-state index contributed by atoms with van der Waals surface area (Å²) in [4.78, 5) is 1.78. The summed E-state index contributed by atoms with van der Waals surface area (Å²) in [5.41, 5.74) is 0. The second-order valence-corrected chi connectivity index (χ2v) is 9.78. The number of nitrogens with zero attached hydrogens (tertiary/aromatic N) is 1. The number of hydrogen-bond acceptors (Lipinski definition) is 4. The molecule has 2 fully saturated rings. The maximum atomic E-state index is 12.4. The van der Waals surface area contributed by atoms with Crippen molar-refractivity contribution in [2.75, 3.05) is 32.5 Å². The lowest BCUT2D eigenvalue weighted by Gasteiger charge is -2.32. The number of hydrogen-bond donors (Lipinski definition) is 0. The summed E-state index contributed by atoms with van der Waals surface area (Å²) < 4.78 is 65.9. The van der Waals surface area contributed by atoms with Gasteiger partial charge >= 0.3 is 6.18 Å². The van der Waals surface area contributed by atoms with Crippen LogP contribution < -0.4 is 4.74 Å². The smallest absolute Gasteiger partial charge is 0.401 e. The van der Waals surface area contributed by atoms with Crippen molar-refractivity contribution in [3.63, 3.8) is 0 Å². The summed E-state index contributed by atoms with van der Waals surface area (Å²) >= 11 is 0. The van der Waals surface area contributed by atoms with E-state index < -0.39 is 22.6 Å². The first-order valence-electron chi connectivity index (χ1n) is 9.34. The number of ether oxygens (including phenoxy) is 1. The van der Waals surface area contributed by atoms with Crippen LogP contribution in [0.5, 0.6) is 5.75 Å². The number of rotatable bonds is 7. The highest BCUT2D eigenvalue weighted by Crippen LogP contribution is 2.49. The van der Waals surface area contributed by atoms with Gasteiger partial charge in [0.15, 0.2) is 9.84 Å². The van der Waals surface area contributed by atoms with Crippen LogP contribution in [0.3, 0.4) is 0 Å². The van der Waals surface area contributed by atoms with E-state index in [1.54, 1.807) is 24.3 Å². The van der Waals surface area contributed by atoms with Gasteiger partial charge in [0, 0.05) is 6.26 Å². The summed E-state index contributed by atoms with van der Waals surface area (Å²) in [6.45, 7) is 0.860. The number of likely N-dealkylation sites (tertiary alicyclic amines) is 1. The fourth-order valence-corrected chi connectivity index (χ4v) is 4.71. The Balaban J connectivity index is 1.35. The van der Waals surface area contributed by atoms with Crippen LogP contribution >= 0.6 is 0 Å². The van der Waals surface area contributed by atoms with Crippen molar-refractivity contribution in [2.45, 2.75) is 36.8 Å². The lowest BCUT2D eigenvalue weighted by Crippen LogP contribution is -2.40. The van der Waals surface area contributed by atoms with E-state index in [9.17, 15) is 21.6 Å². The van der Waals surface area contributed by atoms with Gasteiger partial charge in [0.1, 0.15) is 5.75 Å². The molecule has 152 valence electrons. The average molecular weight is 405 g/mol. The Hall–Kier alpha value is -1.28. The lowest BCUT2D eigenvalue weighted by atomic mass is 9.90. The van der Waals surface area contributed by atoms with E-state index in [0.29, 0.717) is 43.2 Å². The van der Waals surface area contributed by atoms with Gasteiger partial charge in [-0.05, 0) is 80.8 Å². The van der Waals surface area contributed by atoms with E-state index in [-0.39, 0.29) is 4.90 Å². The maximum Gasteiger partial charge on any atom is 0.401 e. The zero-order valence-corrected chi connectivity index (χ0v) is 16.2. The fourth-order valence-electron chi connectivity index (χ4n) is 4.08. The van der Waals surface area contributed by atoms with Crippen LogP contribution in [0.15, 0.2) is 29.2 Å². The quantitative estimate of drug-likeness (QED) is 0.693. The zero-order valence-electron chi connectivity index (χ0n) is 15.4. The van der Waals surface area contributed by atoms with Gasteiger partial charge in [0.25, 0.3) is 0 Å². The first-order valence-corrected chi connectivity index (χ1v) is 11.2. The average Bonchev–Trinajstić information content (AvgIpc) is 3.33. The van der Waals surface area contributed by atoms with E-state index in [2.05, 4.69) is 0 Å². The van der Waals surface area contributed by atoms with Crippen molar-refractivity contribution in [1.29, 1.82) is 0 Å². The molecule has 1 saturated carbocycles. The van der Waals surface area contributed by atoms with E-state index in [1.807, 2.05) is 0 Å². The molecule has 0 radical (unpaired) electrons. The molecule has 0 spiro atoms. The first kappa shape index (κ1) is 20.5. The van der Waals surface area contributed by atoms with Gasteiger partial charge in [-0.3, -0.25) is 4.90 Å². The largest absolute Gasteiger partial charge is 0.494 e. The predicted octanol–water partition coefficient (Wildman–Crippen LogP) is 3.77. The third-order valence-electron chi connectivity index (χ3n) is 5.63. The Morgan fingerprint density at radius 1 is 1.15 bits per heavy atom. The lowest BCUT2D eigenvalue weighted by molar-refractivity contribution is -0.148. The van der Waals surface area contributed by atoms with Gasteiger partial charge in [-0.1, -0.05) is 0 Å². The van der Waals surface area contributed by atoms with Crippen LogP contribution in [0.4, 0.5) is 13.2 Å². The minimum absolute atomic E-state index is 0.272. The van der Waals surface area contributed by atoms with Crippen LogP contribution in [-0.4, -0.2) is 52.0 Å². The number of halogens is 3. The molecule has 3 rings (SSSR count). The molecule has 4 nitrogen and oxygen atoms in total. The minimum atomic E-state index is -4.11. The van der Waals surface area contributed by atoms with E-state index in [4.69, 9.17) is 4.74 Å². The molecule has 0 bridgehead atoms. The van der Waals surface area contributed by atoms with Crippen LogP contribution in [-0.2, 0) is 9.84 Å². The van der Waals surface area contributed by atoms with Crippen molar-refractivity contribution in [3.05, 3.63) is 24.3 Å². The molecule has 1 aromatic rings. The molecule has 1 saturated heterocycles. The van der Waals surface area contributed by atoms with E-state index in [0.717, 1.165) is 25.7 Å². The summed E-state index contributed by atoms with van der Waals surface area (Å²) in [5, 5.41) is 0. The summed E-state index contributed by atoms with van der Waals surface area (Å²) in [7, 11) is -3.20. The maximum absolute atomic E-state index is 12.4. The van der Waals surface area contributed by atoms with Gasteiger partial charge in [0.05, 0.1) is 18.0 Å². The molecule has 1 unspecified atom stereocenters. The number of piperidine rings is 1. The Morgan fingerprint density at radius 2 is 1.78 bits per heavy atom. The molecule has 2 atom stereocenters. The van der Waals surface area contributed by atoms with Crippen molar-refractivity contribution in [1.82, 2.24) is 4.90 Å². The first-order chi connectivity index (χ1) is 12.6. The van der Waals surface area contributed by atoms with Gasteiger partial charge < -0.3 is 4.74 Å². The normalized spacial score (nSPS) is 24.7. The Bertz CT molecular complexity index is 726. The third-order valence-corrected chi connectivity index (χ3v) is 6.76. The van der Waals surface area contributed by atoms with Crippen LogP contribution in [0.2, 0.25) is 0 Å². The molecule has 27 heavy (non-hydrogen) atoms. The molecular weight excluding hydrogens is 379 g/mol. The molecular formula is C19H26F3NO3S. The second-order valence-electron chi connectivity index (χ2n) is 7.77. The minimum Gasteiger partial charge on any atom is -0.494 e. The Labute approximate surface area is 158 Å².